The SMILES string of the molecule is CN(C(=O)c1cccc(S(=O)(=O)N2CCCCC2)c1)C1CCNCC1.Cl. The van der Waals surface area contributed by atoms with Crippen LogP contribution < -0.4 is 5.32 Å². The first-order valence-electron chi connectivity index (χ1n) is 9.08. The monoisotopic (exact) mass is 401 g/mol. The Morgan fingerprint density at radius 1 is 1.15 bits per heavy atom. The second-order valence-electron chi connectivity index (χ2n) is 6.89. The Hall–Kier alpha value is -1.15. The van der Waals surface area contributed by atoms with Crippen molar-refractivity contribution < 1.29 is 13.2 Å². The van der Waals surface area contributed by atoms with E-state index in [0.717, 1.165) is 45.2 Å². The third kappa shape index (κ3) is 4.57. The maximum atomic E-state index is 12.8. The summed E-state index contributed by atoms with van der Waals surface area (Å²) in [6.07, 6.45) is 4.72. The van der Waals surface area contributed by atoms with E-state index in [1.807, 2.05) is 7.05 Å². The first kappa shape index (κ1) is 21.2. The minimum atomic E-state index is -3.52. The number of nitrogens with zero attached hydrogens (tertiary/aromatic N) is 2. The molecular weight excluding hydrogens is 374 g/mol. The fourth-order valence-corrected chi connectivity index (χ4v) is 5.17. The Balaban J connectivity index is 0.00000243. The van der Waals surface area contributed by atoms with Crippen molar-refractivity contribution in [3.63, 3.8) is 0 Å². The quantitative estimate of drug-likeness (QED) is 0.838. The summed E-state index contributed by atoms with van der Waals surface area (Å²) in [6, 6.07) is 6.70. The van der Waals surface area contributed by atoms with E-state index in [1.165, 1.54) is 10.4 Å². The molecule has 3 rings (SSSR count). The molecule has 0 bridgehead atoms. The van der Waals surface area contributed by atoms with Gasteiger partial charge in [-0.3, -0.25) is 4.79 Å². The van der Waals surface area contributed by atoms with Gasteiger partial charge in [-0.2, -0.15) is 4.31 Å². The van der Waals surface area contributed by atoms with Gasteiger partial charge in [0, 0.05) is 31.7 Å². The number of amides is 1. The van der Waals surface area contributed by atoms with Crippen LogP contribution >= 0.6 is 12.4 Å². The lowest BCUT2D eigenvalue weighted by Crippen LogP contribution is -2.44. The van der Waals surface area contributed by atoms with Crippen LogP contribution in [0.3, 0.4) is 0 Å². The molecule has 26 heavy (non-hydrogen) atoms. The van der Waals surface area contributed by atoms with E-state index >= 15 is 0 Å². The molecule has 146 valence electrons. The number of carbonyl (C=O) groups excluding carboxylic acids is 1. The van der Waals surface area contributed by atoms with E-state index in [1.54, 1.807) is 23.1 Å². The van der Waals surface area contributed by atoms with Crippen molar-refractivity contribution in [2.24, 2.45) is 0 Å². The highest BCUT2D eigenvalue weighted by atomic mass is 35.5. The van der Waals surface area contributed by atoms with Crippen LogP contribution in [0, 0.1) is 0 Å². The molecule has 1 N–H and O–H groups in total. The van der Waals surface area contributed by atoms with Crippen LogP contribution in [0.1, 0.15) is 42.5 Å². The number of rotatable bonds is 4. The van der Waals surface area contributed by atoms with Crippen molar-refractivity contribution in [2.75, 3.05) is 33.2 Å². The predicted octanol–water partition coefficient (Wildman–Crippen LogP) is 2.11. The largest absolute Gasteiger partial charge is 0.339 e. The van der Waals surface area contributed by atoms with Crippen molar-refractivity contribution in [3.8, 4) is 0 Å². The maximum absolute atomic E-state index is 12.8. The van der Waals surface area contributed by atoms with Crippen molar-refractivity contribution in [1.82, 2.24) is 14.5 Å². The first-order chi connectivity index (χ1) is 12.0. The molecule has 1 aromatic carbocycles. The molecule has 6 nitrogen and oxygen atoms in total. The molecule has 1 aromatic rings. The summed E-state index contributed by atoms with van der Waals surface area (Å²) in [4.78, 5) is 14.8. The maximum Gasteiger partial charge on any atom is 0.253 e. The van der Waals surface area contributed by atoms with Gasteiger partial charge < -0.3 is 10.2 Å². The summed E-state index contributed by atoms with van der Waals surface area (Å²) in [5.74, 6) is -0.109. The van der Waals surface area contributed by atoms with Crippen LogP contribution in [-0.4, -0.2) is 62.8 Å². The zero-order chi connectivity index (χ0) is 17.9. The van der Waals surface area contributed by atoms with Gasteiger partial charge >= 0.3 is 0 Å². The van der Waals surface area contributed by atoms with Gasteiger partial charge in [0.25, 0.3) is 5.91 Å². The summed E-state index contributed by atoms with van der Waals surface area (Å²) in [7, 11) is -1.71. The van der Waals surface area contributed by atoms with Gasteiger partial charge in [-0.15, -0.1) is 12.4 Å². The highest BCUT2D eigenvalue weighted by Crippen LogP contribution is 2.22. The summed E-state index contributed by atoms with van der Waals surface area (Å²) in [6.45, 7) is 2.95. The van der Waals surface area contributed by atoms with Crippen molar-refractivity contribution in [2.45, 2.75) is 43.0 Å². The number of benzene rings is 1. The molecule has 2 aliphatic heterocycles. The predicted molar refractivity (Wildman–Crippen MR) is 104 cm³/mol. The molecule has 2 fully saturated rings. The molecule has 0 atom stereocenters. The lowest BCUT2D eigenvalue weighted by atomic mass is 10.0. The minimum absolute atomic E-state index is 0. The summed E-state index contributed by atoms with van der Waals surface area (Å²) >= 11 is 0. The van der Waals surface area contributed by atoms with Gasteiger partial charge in [0.05, 0.1) is 4.90 Å². The van der Waals surface area contributed by atoms with Crippen molar-refractivity contribution >= 4 is 28.3 Å². The Bertz CT molecular complexity index is 714. The molecule has 2 saturated heterocycles. The van der Waals surface area contributed by atoms with Crippen LogP contribution in [0.5, 0.6) is 0 Å². The Kier molecular flexibility index (Phi) is 7.46. The second kappa shape index (κ2) is 9.17. The number of carbonyl (C=O) groups is 1. The van der Waals surface area contributed by atoms with Crippen LogP contribution in [0.2, 0.25) is 0 Å². The number of halogens is 1. The number of hydrogen-bond acceptors (Lipinski definition) is 4. The Labute approximate surface area is 162 Å². The van der Waals surface area contributed by atoms with E-state index < -0.39 is 10.0 Å². The van der Waals surface area contributed by atoms with Gasteiger partial charge in [-0.25, -0.2) is 8.42 Å². The van der Waals surface area contributed by atoms with E-state index in [2.05, 4.69) is 5.32 Å². The van der Waals surface area contributed by atoms with Crippen LogP contribution in [-0.2, 0) is 10.0 Å². The molecule has 0 spiro atoms. The van der Waals surface area contributed by atoms with Gasteiger partial charge in [-0.05, 0) is 57.0 Å². The normalized spacial score (nSPS) is 19.6. The summed E-state index contributed by atoms with van der Waals surface area (Å²) in [5.41, 5.74) is 0.444. The highest BCUT2D eigenvalue weighted by molar-refractivity contribution is 7.89. The Morgan fingerprint density at radius 3 is 2.46 bits per heavy atom. The van der Waals surface area contributed by atoms with Gasteiger partial charge in [-0.1, -0.05) is 12.5 Å². The third-order valence-corrected chi connectivity index (χ3v) is 7.11. The van der Waals surface area contributed by atoms with E-state index in [-0.39, 0.29) is 29.3 Å². The number of sulfonamides is 1. The smallest absolute Gasteiger partial charge is 0.253 e. The van der Waals surface area contributed by atoms with Crippen molar-refractivity contribution in [1.29, 1.82) is 0 Å². The second-order valence-corrected chi connectivity index (χ2v) is 8.83. The summed E-state index contributed by atoms with van der Waals surface area (Å²) in [5, 5.41) is 3.29. The Morgan fingerprint density at radius 2 is 1.81 bits per heavy atom. The van der Waals surface area contributed by atoms with Gasteiger partial charge in [0.1, 0.15) is 0 Å². The molecule has 0 radical (unpaired) electrons. The standard InChI is InChI=1S/C18H27N3O3S.ClH/c1-20(16-8-10-19-11-9-16)18(22)15-6-5-7-17(14-15)25(23,24)21-12-3-2-4-13-21;/h5-7,14,16,19H,2-4,8-13H2,1H3;1H. The molecule has 0 aliphatic carbocycles. The fourth-order valence-electron chi connectivity index (χ4n) is 3.61. The average Bonchev–Trinajstić information content (AvgIpc) is 2.68. The minimum Gasteiger partial charge on any atom is -0.339 e. The van der Waals surface area contributed by atoms with E-state index in [9.17, 15) is 13.2 Å². The molecular formula is C18H28ClN3O3S. The van der Waals surface area contributed by atoms with Crippen molar-refractivity contribution in [3.05, 3.63) is 29.8 Å². The zero-order valence-corrected chi connectivity index (χ0v) is 16.8. The lowest BCUT2D eigenvalue weighted by Gasteiger charge is -2.32. The molecule has 2 heterocycles. The van der Waals surface area contributed by atoms with E-state index in [0.29, 0.717) is 18.7 Å². The summed E-state index contributed by atoms with van der Waals surface area (Å²) < 4.78 is 27.2. The van der Waals surface area contributed by atoms with Gasteiger partial charge in [0.15, 0.2) is 0 Å². The topological polar surface area (TPSA) is 69.7 Å². The van der Waals surface area contributed by atoms with Crippen LogP contribution in [0.4, 0.5) is 0 Å². The average molecular weight is 402 g/mol. The van der Waals surface area contributed by atoms with Crippen LogP contribution in [0.15, 0.2) is 29.2 Å². The number of nitrogens with one attached hydrogen (secondary N) is 1. The zero-order valence-electron chi connectivity index (χ0n) is 15.2. The molecule has 0 aromatic heterocycles. The molecule has 0 unspecified atom stereocenters. The van der Waals surface area contributed by atoms with Crippen LogP contribution in [0.25, 0.3) is 0 Å². The number of piperidine rings is 2. The third-order valence-electron chi connectivity index (χ3n) is 5.21. The molecule has 8 heteroatoms. The highest BCUT2D eigenvalue weighted by Gasteiger charge is 2.28. The molecule has 1 amide bonds. The fraction of sp³-hybridized carbons (Fsp3) is 0.611. The lowest BCUT2D eigenvalue weighted by molar-refractivity contribution is 0.0703. The molecule has 2 aliphatic rings. The first-order valence-corrected chi connectivity index (χ1v) is 10.5. The number of hydrogen-bond donors (Lipinski definition) is 1. The van der Waals surface area contributed by atoms with Gasteiger partial charge in [0.2, 0.25) is 10.0 Å². The van der Waals surface area contributed by atoms with E-state index in [4.69, 9.17) is 0 Å². The molecule has 0 saturated carbocycles.